The third kappa shape index (κ3) is 5.00. The smallest absolute Gasteiger partial charge is 0.326 e. The number of carbonyl (C=O) groups excluding carboxylic acids is 1. The maximum atomic E-state index is 12.8. The lowest BCUT2D eigenvalue weighted by Gasteiger charge is -2.26. The summed E-state index contributed by atoms with van der Waals surface area (Å²) in [7, 11) is 5.75. The van der Waals surface area contributed by atoms with Crippen molar-refractivity contribution in [3.05, 3.63) is 30.0 Å². The summed E-state index contributed by atoms with van der Waals surface area (Å²) >= 11 is 0. The van der Waals surface area contributed by atoms with Crippen LogP contribution in [0.25, 0.3) is 10.9 Å². The van der Waals surface area contributed by atoms with E-state index in [1.165, 1.54) is 5.56 Å². The van der Waals surface area contributed by atoms with Gasteiger partial charge in [0.15, 0.2) is 0 Å². The average molecular weight is 374 g/mol. The van der Waals surface area contributed by atoms with E-state index in [1.807, 2.05) is 24.4 Å². The molecule has 1 aromatic carbocycles. The summed E-state index contributed by atoms with van der Waals surface area (Å²) in [5, 5.41) is 4.12. The number of hydrogen-bond acceptors (Lipinski definition) is 5. The Kier molecular flexibility index (Phi) is 6.71. The van der Waals surface area contributed by atoms with Crippen LogP contribution >= 0.6 is 0 Å². The van der Waals surface area contributed by atoms with Crippen molar-refractivity contribution >= 4 is 16.9 Å². The third-order valence-electron chi connectivity index (χ3n) is 4.88. The van der Waals surface area contributed by atoms with Gasteiger partial charge in [0.1, 0.15) is 5.75 Å². The van der Waals surface area contributed by atoms with Gasteiger partial charge in [-0.25, -0.2) is 4.79 Å². The standard InChI is InChI=1S/C20H30N4O3/c1-22(2)10-7-16-14-24(19-13-17(26-3)5-6-18(16)19)20(25)21-8-11-23-9-4-12-27-15-23/h5-6,13-14H,4,7-12,15H2,1-3H3,(H,21,25). The van der Waals surface area contributed by atoms with Crippen molar-refractivity contribution in [1.82, 2.24) is 19.7 Å². The van der Waals surface area contributed by atoms with Crippen molar-refractivity contribution in [2.45, 2.75) is 12.8 Å². The number of nitrogens with one attached hydrogen (secondary N) is 1. The molecule has 1 N–H and O–H groups in total. The average Bonchev–Trinajstić information content (AvgIpc) is 3.05. The van der Waals surface area contributed by atoms with Crippen LogP contribution in [0.1, 0.15) is 12.0 Å². The van der Waals surface area contributed by atoms with E-state index in [4.69, 9.17) is 9.47 Å². The van der Waals surface area contributed by atoms with Gasteiger partial charge in [0.25, 0.3) is 0 Å². The van der Waals surface area contributed by atoms with Crippen LogP contribution in [0.4, 0.5) is 4.79 Å². The zero-order chi connectivity index (χ0) is 19.2. The number of nitrogens with zero attached hydrogens (tertiary/aromatic N) is 3. The van der Waals surface area contributed by atoms with Gasteiger partial charge in [-0.2, -0.15) is 0 Å². The van der Waals surface area contributed by atoms with Gasteiger partial charge in [0, 0.05) is 50.4 Å². The molecular weight excluding hydrogens is 344 g/mol. The Balaban J connectivity index is 1.73. The number of hydrogen-bond donors (Lipinski definition) is 1. The van der Waals surface area contributed by atoms with E-state index in [2.05, 4.69) is 29.2 Å². The highest BCUT2D eigenvalue weighted by atomic mass is 16.5. The number of rotatable bonds is 7. The zero-order valence-electron chi connectivity index (χ0n) is 16.5. The molecule has 7 nitrogen and oxygen atoms in total. The molecular formula is C20H30N4O3. The Morgan fingerprint density at radius 2 is 2.22 bits per heavy atom. The summed E-state index contributed by atoms with van der Waals surface area (Å²) in [5.41, 5.74) is 2.04. The molecule has 0 atom stereocenters. The van der Waals surface area contributed by atoms with E-state index in [9.17, 15) is 4.79 Å². The van der Waals surface area contributed by atoms with Crippen LogP contribution in [-0.4, -0.2) is 81.1 Å². The minimum atomic E-state index is -0.109. The van der Waals surface area contributed by atoms with E-state index < -0.39 is 0 Å². The molecule has 0 bridgehead atoms. The number of carbonyl (C=O) groups is 1. The first-order chi connectivity index (χ1) is 13.1. The van der Waals surface area contributed by atoms with Crippen LogP contribution in [0, 0.1) is 0 Å². The molecule has 1 aromatic heterocycles. The number of aromatic nitrogens is 1. The van der Waals surface area contributed by atoms with E-state index >= 15 is 0 Å². The summed E-state index contributed by atoms with van der Waals surface area (Å²) in [6.07, 6.45) is 3.89. The fraction of sp³-hybridized carbons (Fsp3) is 0.550. The van der Waals surface area contributed by atoms with Gasteiger partial charge in [-0.1, -0.05) is 0 Å². The van der Waals surface area contributed by atoms with Crippen molar-refractivity contribution in [3.8, 4) is 5.75 Å². The molecule has 2 aromatic rings. The highest BCUT2D eigenvalue weighted by Gasteiger charge is 2.15. The second kappa shape index (κ2) is 9.21. The van der Waals surface area contributed by atoms with E-state index in [0.29, 0.717) is 13.3 Å². The van der Waals surface area contributed by atoms with E-state index in [0.717, 1.165) is 55.7 Å². The predicted molar refractivity (Wildman–Crippen MR) is 107 cm³/mol. The van der Waals surface area contributed by atoms with Crippen molar-refractivity contribution in [3.63, 3.8) is 0 Å². The van der Waals surface area contributed by atoms with Crippen molar-refractivity contribution in [1.29, 1.82) is 0 Å². The molecule has 0 aliphatic carbocycles. The van der Waals surface area contributed by atoms with Crippen LogP contribution < -0.4 is 10.1 Å². The molecule has 2 heterocycles. The third-order valence-corrected chi connectivity index (χ3v) is 4.88. The van der Waals surface area contributed by atoms with Crippen LogP contribution in [0.5, 0.6) is 5.75 Å². The van der Waals surface area contributed by atoms with Crippen LogP contribution in [-0.2, 0) is 11.2 Å². The molecule has 1 amide bonds. The van der Waals surface area contributed by atoms with Gasteiger partial charge in [-0.15, -0.1) is 0 Å². The Hall–Kier alpha value is -2.09. The van der Waals surface area contributed by atoms with Gasteiger partial charge in [-0.05, 0) is 44.6 Å². The largest absolute Gasteiger partial charge is 0.497 e. The Morgan fingerprint density at radius 1 is 1.37 bits per heavy atom. The zero-order valence-corrected chi connectivity index (χ0v) is 16.5. The number of likely N-dealkylation sites (N-methyl/N-ethyl adjacent to an activating group) is 1. The maximum absolute atomic E-state index is 12.8. The van der Waals surface area contributed by atoms with Crippen LogP contribution in [0.15, 0.2) is 24.4 Å². The predicted octanol–water partition coefficient (Wildman–Crippen LogP) is 1.99. The fourth-order valence-corrected chi connectivity index (χ4v) is 3.35. The van der Waals surface area contributed by atoms with Gasteiger partial charge in [0.05, 0.1) is 19.4 Å². The van der Waals surface area contributed by atoms with Gasteiger partial charge < -0.3 is 19.7 Å². The molecule has 1 aliphatic heterocycles. The lowest BCUT2D eigenvalue weighted by atomic mass is 10.1. The lowest BCUT2D eigenvalue weighted by molar-refractivity contribution is -0.0121. The Bertz CT molecular complexity index is 766. The summed E-state index contributed by atoms with van der Waals surface area (Å²) < 4.78 is 12.5. The topological polar surface area (TPSA) is 59.0 Å². The normalized spacial score (nSPS) is 15.4. The van der Waals surface area contributed by atoms with Crippen LogP contribution in [0.2, 0.25) is 0 Å². The molecule has 1 aliphatic rings. The molecule has 0 saturated carbocycles. The van der Waals surface area contributed by atoms with Crippen molar-refractivity contribution in [2.75, 3.05) is 60.7 Å². The van der Waals surface area contributed by atoms with Crippen molar-refractivity contribution < 1.29 is 14.3 Å². The van der Waals surface area contributed by atoms with Crippen molar-refractivity contribution in [2.24, 2.45) is 0 Å². The molecule has 148 valence electrons. The molecule has 0 spiro atoms. The quantitative estimate of drug-likeness (QED) is 0.803. The van der Waals surface area contributed by atoms with E-state index in [-0.39, 0.29) is 6.03 Å². The number of fused-ring (bicyclic) bond motifs is 1. The molecule has 7 heteroatoms. The summed E-state index contributed by atoms with van der Waals surface area (Å²) in [4.78, 5) is 17.2. The fourth-order valence-electron chi connectivity index (χ4n) is 3.35. The minimum absolute atomic E-state index is 0.109. The highest BCUT2D eigenvalue weighted by molar-refractivity contribution is 5.94. The number of benzene rings is 1. The molecule has 1 fully saturated rings. The Morgan fingerprint density at radius 3 is 2.93 bits per heavy atom. The van der Waals surface area contributed by atoms with E-state index in [1.54, 1.807) is 11.7 Å². The monoisotopic (exact) mass is 374 g/mol. The minimum Gasteiger partial charge on any atom is -0.497 e. The molecule has 0 radical (unpaired) electrons. The second-order valence-electron chi connectivity index (χ2n) is 7.20. The number of amides is 1. The second-order valence-corrected chi connectivity index (χ2v) is 7.20. The summed E-state index contributed by atoms with van der Waals surface area (Å²) in [6.45, 7) is 4.82. The first-order valence-corrected chi connectivity index (χ1v) is 9.49. The Labute approximate surface area is 160 Å². The lowest BCUT2D eigenvalue weighted by Crippen LogP contribution is -2.40. The first-order valence-electron chi connectivity index (χ1n) is 9.49. The summed E-state index contributed by atoms with van der Waals surface area (Å²) in [6, 6.07) is 5.79. The summed E-state index contributed by atoms with van der Waals surface area (Å²) in [5.74, 6) is 0.749. The molecule has 3 rings (SSSR count). The van der Waals surface area contributed by atoms with Gasteiger partial charge >= 0.3 is 6.03 Å². The molecule has 0 unspecified atom stereocenters. The molecule has 27 heavy (non-hydrogen) atoms. The van der Waals surface area contributed by atoms with Gasteiger partial charge in [-0.3, -0.25) is 9.47 Å². The molecule has 1 saturated heterocycles. The number of ether oxygens (including phenoxy) is 2. The number of methoxy groups -OCH3 is 1. The SMILES string of the molecule is COc1ccc2c(CCN(C)C)cn(C(=O)NCCN3CCCOC3)c2c1. The maximum Gasteiger partial charge on any atom is 0.326 e. The highest BCUT2D eigenvalue weighted by Crippen LogP contribution is 2.26. The van der Waals surface area contributed by atoms with Gasteiger partial charge in [0.2, 0.25) is 0 Å². The first kappa shape index (κ1) is 19.7. The van der Waals surface area contributed by atoms with Crippen LogP contribution in [0.3, 0.4) is 0 Å².